The van der Waals surface area contributed by atoms with Gasteiger partial charge in [-0.2, -0.15) is 0 Å². The number of rotatable bonds is 5. The molecule has 4 rings (SSSR count). The third-order valence-electron chi connectivity index (χ3n) is 6.03. The molecule has 2 amide bonds. The van der Waals surface area contributed by atoms with E-state index in [0.29, 0.717) is 38.3 Å². The molecular weight excluding hydrogens is 368 g/mol. The van der Waals surface area contributed by atoms with Crippen molar-refractivity contribution >= 4 is 28.4 Å². The number of pyridine rings is 1. The van der Waals surface area contributed by atoms with E-state index in [1.807, 2.05) is 35.2 Å². The summed E-state index contributed by atoms with van der Waals surface area (Å²) in [6.45, 7) is 2.85. The third kappa shape index (κ3) is 4.05. The van der Waals surface area contributed by atoms with Crippen LogP contribution in [0.4, 0.5) is 5.69 Å². The van der Waals surface area contributed by atoms with Crippen LogP contribution in [0.3, 0.4) is 0 Å². The Morgan fingerprint density at radius 2 is 2.14 bits per heavy atom. The molecule has 2 atom stereocenters. The number of hydrogen-bond donors (Lipinski definition) is 1. The first-order chi connectivity index (χ1) is 14.1. The van der Waals surface area contributed by atoms with E-state index in [1.54, 1.807) is 12.0 Å². The molecule has 0 bridgehead atoms. The zero-order valence-corrected chi connectivity index (χ0v) is 16.8. The minimum atomic E-state index is -0.264. The van der Waals surface area contributed by atoms with E-state index >= 15 is 0 Å². The Morgan fingerprint density at radius 3 is 2.97 bits per heavy atom. The van der Waals surface area contributed by atoms with Gasteiger partial charge in [0.25, 0.3) is 0 Å². The Kier molecular flexibility index (Phi) is 5.67. The van der Waals surface area contributed by atoms with Crippen LogP contribution in [-0.4, -0.2) is 66.5 Å². The van der Waals surface area contributed by atoms with Crippen molar-refractivity contribution in [1.82, 2.24) is 14.8 Å². The average molecular weight is 396 g/mol. The fourth-order valence-electron chi connectivity index (χ4n) is 4.49. The van der Waals surface area contributed by atoms with Crippen LogP contribution in [0.25, 0.3) is 10.9 Å². The number of anilines is 1. The molecule has 2 aromatic rings. The molecule has 0 aliphatic carbocycles. The van der Waals surface area contributed by atoms with Crippen LogP contribution in [0.15, 0.2) is 30.3 Å². The van der Waals surface area contributed by atoms with Gasteiger partial charge < -0.3 is 20.3 Å². The third-order valence-corrected chi connectivity index (χ3v) is 6.03. The van der Waals surface area contributed by atoms with Gasteiger partial charge in [0, 0.05) is 51.0 Å². The van der Waals surface area contributed by atoms with E-state index in [2.05, 4.69) is 0 Å². The van der Waals surface area contributed by atoms with Crippen LogP contribution in [-0.2, 0) is 14.3 Å². The Balaban J connectivity index is 1.47. The molecule has 29 heavy (non-hydrogen) atoms. The van der Waals surface area contributed by atoms with Crippen molar-refractivity contribution in [2.24, 2.45) is 5.92 Å². The number of nitrogens with two attached hydrogens (primary N) is 1. The Labute approximate surface area is 170 Å². The first-order valence-corrected chi connectivity index (χ1v) is 10.3. The molecule has 0 spiro atoms. The average Bonchev–Trinajstić information content (AvgIpc) is 3.11. The Morgan fingerprint density at radius 1 is 1.31 bits per heavy atom. The van der Waals surface area contributed by atoms with Gasteiger partial charge in [-0.1, -0.05) is 18.2 Å². The maximum absolute atomic E-state index is 13.1. The largest absolute Gasteiger partial charge is 0.397 e. The molecule has 0 radical (unpaired) electrons. The Hall–Kier alpha value is -2.67. The lowest BCUT2D eigenvalue weighted by atomic mass is 9.91. The molecule has 1 aromatic carbocycles. The fourth-order valence-corrected chi connectivity index (χ4v) is 4.49. The van der Waals surface area contributed by atoms with Crippen molar-refractivity contribution in [3.05, 3.63) is 36.0 Å². The summed E-state index contributed by atoms with van der Waals surface area (Å²) in [6, 6.07) is 9.91. The van der Waals surface area contributed by atoms with Gasteiger partial charge in [0.2, 0.25) is 11.8 Å². The number of hydrogen-bond acceptors (Lipinski definition) is 5. The van der Waals surface area contributed by atoms with Crippen LogP contribution in [0, 0.1) is 5.92 Å². The van der Waals surface area contributed by atoms with Gasteiger partial charge in [0.1, 0.15) is 0 Å². The highest BCUT2D eigenvalue weighted by Gasteiger charge is 2.38. The number of para-hydroxylation sites is 1. The van der Waals surface area contributed by atoms with E-state index in [-0.39, 0.29) is 23.7 Å². The second-order valence-corrected chi connectivity index (χ2v) is 8.01. The number of amides is 2. The topological polar surface area (TPSA) is 88.8 Å². The normalized spacial score (nSPS) is 22.4. The van der Waals surface area contributed by atoms with Gasteiger partial charge in [-0.05, 0) is 25.0 Å². The van der Waals surface area contributed by atoms with Crippen LogP contribution in [0.5, 0.6) is 0 Å². The van der Waals surface area contributed by atoms with Gasteiger partial charge in [0.15, 0.2) is 0 Å². The lowest BCUT2D eigenvalue weighted by molar-refractivity contribution is -0.137. The minimum absolute atomic E-state index is 0.0365. The minimum Gasteiger partial charge on any atom is -0.397 e. The molecule has 2 aliphatic rings. The van der Waals surface area contributed by atoms with Crippen LogP contribution in [0.2, 0.25) is 0 Å². The number of ether oxygens (including phenoxy) is 1. The summed E-state index contributed by atoms with van der Waals surface area (Å²) in [5.41, 5.74) is 8.81. The zero-order chi connectivity index (χ0) is 20.4. The molecule has 7 nitrogen and oxygen atoms in total. The molecule has 2 saturated heterocycles. The first kappa shape index (κ1) is 19.6. The van der Waals surface area contributed by atoms with Crippen molar-refractivity contribution in [3.8, 4) is 0 Å². The Bertz CT molecular complexity index is 916. The van der Waals surface area contributed by atoms with Crippen molar-refractivity contribution in [1.29, 1.82) is 0 Å². The SMILES string of the molecule is COCCN1CC(C(=O)N2CCCC(c3nc4ccccc4cc3N)C2)CC1=O. The summed E-state index contributed by atoms with van der Waals surface area (Å²) >= 11 is 0. The first-order valence-electron chi connectivity index (χ1n) is 10.3. The number of nitrogens with zero attached hydrogens (tertiary/aromatic N) is 3. The smallest absolute Gasteiger partial charge is 0.228 e. The number of methoxy groups -OCH3 is 1. The molecular formula is C22H28N4O3. The number of benzene rings is 1. The number of carbonyl (C=O) groups is 2. The van der Waals surface area contributed by atoms with Gasteiger partial charge >= 0.3 is 0 Å². The number of fused-ring (bicyclic) bond motifs is 1. The van der Waals surface area contributed by atoms with E-state index in [9.17, 15) is 9.59 Å². The molecule has 3 heterocycles. The summed E-state index contributed by atoms with van der Waals surface area (Å²) in [4.78, 5) is 33.8. The summed E-state index contributed by atoms with van der Waals surface area (Å²) < 4.78 is 5.06. The lowest BCUT2D eigenvalue weighted by Gasteiger charge is -2.34. The predicted molar refractivity (Wildman–Crippen MR) is 111 cm³/mol. The van der Waals surface area contributed by atoms with Gasteiger partial charge in [-0.15, -0.1) is 0 Å². The van der Waals surface area contributed by atoms with Crippen molar-refractivity contribution in [2.45, 2.75) is 25.2 Å². The fraction of sp³-hybridized carbons (Fsp3) is 0.500. The molecule has 7 heteroatoms. The number of carbonyl (C=O) groups excluding carboxylic acids is 2. The van der Waals surface area contributed by atoms with E-state index in [4.69, 9.17) is 15.5 Å². The van der Waals surface area contributed by atoms with Gasteiger partial charge in [-0.3, -0.25) is 14.6 Å². The number of piperidine rings is 1. The molecule has 2 N–H and O–H groups in total. The maximum atomic E-state index is 13.1. The van der Waals surface area contributed by atoms with Gasteiger partial charge in [0.05, 0.1) is 29.4 Å². The molecule has 2 unspecified atom stereocenters. The highest BCUT2D eigenvalue weighted by molar-refractivity contribution is 5.89. The van der Waals surface area contributed by atoms with Gasteiger partial charge in [-0.25, -0.2) is 0 Å². The van der Waals surface area contributed by atoms with Crippen LogP contribution >= 0.6 is 0 Å². The molecule has 1 aromatic heterocycles. The van der Waals surface area contributed by atoms with Crippen molar-refractivity contribution < 1.29 is 14.3 Å². The monoisotopic (exact) mass is 396 g/mol. The number of nitrogen functional groups attached to an aromatic ring is 1. The van der Waals surface area contributed by atoms with Crippen molar-refractivity contribution in [2.75, 3.05) is 45.6 Å². The van der Waals surface area contributed by atoms with E-state index < -0.39 is 0 Å². The van der Waals surface area contributed by atoms with E-state index in [0.717, 1.165) is 36.0 Å². The van der Waals surface area contributed by atoms with Crippen LogP contribution in [0.1, 0.15) is 30.9 Å². The summed E-state index contributed by atoms with van der Waals surface area (Å²) in [6.07, 6.45) is 2.17. The second-order valence-electron chi connectivity index (χ2n) is 8.01. The maximum Gasteiger partial charge on any atom is 0.228 e. The summed E-state index contributed by atoms with van der Waals surface area (Å²) in [7, 11) is 1.61. The quantitative estimate of drug-likeness (QED) is 0.835. The summed E-state index contributed by atoms with van der Waals surface area (Å²) in [5, 5.41) is 1.03. The zero-order valence-electron chi connectivity index (χ0n) is 16.8. The van der Waals surface area contributed by atoms with E-state index in [1.165, 1.54) is 0 Å². The summed E-state index contributed by atoms with van der Waals surface area (Å²) in [5.74, 6) is -0.0317. The molecule has 2 aliphatic heterocycles. The molecule has 0 saturated carbocycles. The second kappa shape index (κ2) is 8.37. The molecule has 154 valence electrons. The predicted octanol–water partition coefficient (Wildman–Crippen LogP) is 2.02. The lowest BCUT2D eigenvalue weighted by Crippen LogP contribution is -2.43. The molecule has 2 fully saturated rings. The van der Waals surface area contributed by atoms with Crippen LogP contribution < -0.4 is 5.73 Å². The highest BCUT2D eigenvalue weighted by Crippen LogP contribution is 2.32. The standard InChI is InChI=1S/C22H28N4O3/c1-29-10-9-25-14-17(12-20(25)27)22(28)26-8-4-6-16(13-26)21-18(23)11-15-5-2-3-7-19(15)24-21/h2-3,5,7,11,16-17H,4,6,8-10,12-14,23H2,1H3. The number of aromatic nitrogens is 1. The number of likely N-dealkylation sites (tertiary alicyclic amines) is 2. The van der Waals surface area contributed by atoms with Crippen molar-refractivity contribution in [3.63, 3.8) is 0 Å². The highest BCUT2D eigenvalue weighted by atomic mass is 16.5.